The maximum absolute atomic E-state index is 12.7. The Kier molecular flexibility index (Phi) is 4.19. The Morgan fingerprint density at radius 2 is 2.16 bits per heavy atom. The van der Waals surface area contributed by atoms with Crippen molar-refractivity contribution in [2.45, 2.75) is 51.6 Å². The number of hydrogen-bond donors (Lipinski definition) is 0. The number of hydrogen-bond acceptors (Lipinski definition) is 5. The molecule has 0 bridgehead atoms. The third kappa shape index (κ3) is 3.67. The van der Waals surface area contributed by atoms with Gasteiger partial charge in [-0.2, -0.15) is 4.98 Å². The van der Waals surface area contributed by atoms with Gasteiger partial charge >= 0.3 is 0 Å². The van der Waals surface area contributed by atoms with Crippen molar-refractivity contribution in [2.24, 2.45) is 5.92 Å². The van der Waals surface area contributed by atoms with E-state index >= 15 is 0 Å². The van der Waals surface area contributed by atoms with Crippen LogP contribution in [0.25, 0.3) is 11.4 Å². The summed E-state index contributed by atoms with van der Waals surface area (Å²) in [4.78, 5) is 19.0. The quantitative estimate of drug-likeness (QED) is 0.773. The van der Waals surface area contributed by atoms with Crippen LogP contribution < -0.4 is 4.74 Å². The van der Waals surface area contributed by atoms with E-state index in [2.05, 4.69) is 22.0 Å². The third-order valence-electron chi connectivity index (χ3n) is 4.95. The minimum Gasteiger partial charge on any atom is -0.484 e. The van der Waals surface area contributed by atoms with Crippen molar-refractivity contribution in [1.29, 1.82) is 0 Å². The lowest BCUT2D eigenvalue weighted by atomic mass is 10.1. The van der Waals surface area contributed by atoms with Crippen molar-refractivity contribution in [3.63, 3.8) is 0 Å². The molecule has 1 aromatic heterocycles. The second-order valence-corrected chi connectivity index (χ2v) is 7.06. The predicted molar refractivity (Wildman–Crippen MR) is 92.0 cm³/mol. The topological polar surface area (TPSA) is 68.5 Å². The summed E-state index contributed by atoms with van der Waals surface area (Å²) in [6.45, 7) is 4.00. The fraction of sp³-hybridized carbons (Fsp3) is 0.526. The highest BCUT2D eigenvalue weighted by Gasteiger charge is 2.41. The summed E-state index contributed by atoms with van der Waals surface area (Å²) >= 11 is 0. The van der Waals surface area contributed by atoms with Gasteiger partial charge in [-0.3, -0.25) is 4.79 Å². The first kappa shape index (κ1) is 16.1. The van der Waals surface area contributed by atoms with Gasteiger partial charge in [-0.1, -0.05) is 17.3 Å². The minimum atomic E-state index is 0.0717. The molecule has 2 saturated carbocycles. The van der Waals surface area contributed by atoms with E-state index in [1.807, 2.05) is 24.3 Å². The number of ether oxygens (including phenoxy) is 1. The molecule has 2 aliphatic carbocycles. The molecule has 0 aliphatic heterocycles. The van der Waals surface area contributed by atoms with Crippen molar-refractivity contribution in [3.8, 4) is 17.1 Å². The second kappa shape index (κ2) is 6.50. The maximum atomic E-state index is 12.7. The molecular formula is C19H23N3O3. The van der Waals surface area contributed by atoms with E-state index in [-0.39, 0.29) is 12.5 Å². The first-order chi connectivity index (χ1) is 12.1. The molecule has 2 fully saturated rings. The molecule has 1 amide bonds. The van der Waals surface area contributed by atoms with Gasteiger partial charge in [-0.15, -0.1) is 0 Å². The third-order valence-corrected chi connectivity index (χ3v) is 4.95. The highest BCUT2D eigenvalue weighted by molar-refractivity contribution is 5.79. The molecule has 0 N–H and O–H groups in total. The lowest BCUT2D eigenvalue weighted by Gasteiger charge is -2.29. The van der Waals surface area contributed by atoms with Crippen molar-refractivity contribution < 1.29 is 14.1 Å². The number of amides is 1. The number of carbonyl (C=O) groups is 1. The van der Waals surface area contributed by atoms with E-state index in [9.17, 15) is 4.79 Å². The Hall–Kier alpha value is -2.37. The van der Waals surface area contributed by atoms with Gasteiger partial charge in [0.25, 0.3) is 5.91 Å². The molecule has 25 heavy (non-hydrogen) atoms. The molecule has 1 heterocycles. The monoisotopic (exact) mass is 341 g/mol. The van der Waals surface area contributed by atoms with Crippen LogP contribution in [-0.4, -0.2) is 39.6 Å². The largest absolute Gasteiger partial charge is 0.484 e. The van der Waals surface area contributed by atoms with Gasteiger partial charge in [0.1, 0.15) is 5.75 Å². The van der Waals surface area contributed by atoms with Crippen LogP contribution in [0.2, 0.25) is 0 Å². The lowest BCUT2D eigenvalue weighted by Crippen LogP contribution is -2.44. The zero-order chi connectivity index (χ0) is 17.4. The summed E-state index contributed by atoms with van der Waals surface area (Å²) in [5, 5.41) is 3.91. The van der Waals surface area contributed by atoms with Crippen LogP contribution >= 0.6 is 0 Å². The molecule has 0 radical (unpaired) electrons. The Morgan fingerprint density at radius 3 is 2.80 bits per heavy atom. The van der Waals surface area contributed by atoms with E-state index in [0.29, 0.717) is 35.5 Å². The molecule has 1 unspecified atom stereocenters. The Balaban J connectivity index is 1.41. The van der Waals surface area contributed by atoms with E-state index in [0.717, 1.165) is 18.4 Å². The van der Waals surface area contributed by atoms with Gasteiger partial charge in [0.05, 0.1) is 0 Å². The molecule has 2 aliphatic rings. The van der Waals surface area contributed by atoms with E-state index in [4.69, 9.17) is 9.26 Å². The normalized spacial score (nSPS) is 18.0. The van der Waals surface area contributed by atoms with Crippen molar-refractivity contribution in [2.75, 3.05) is 6.61 Å². The molecule has 6 heteroatoms. The average Bonchev–Trinajstić information content (AvgIpc) is 3.52. The maximum Gasteiger partial charge on any atom is 0.261 e. The van der Waals surface area contributed by atoms with Gasteiger partial charge in [-0.25, -0.2) is 0 Å². The van der Waals surface area contributed by atoms with Crippen LogP contribution in [0.15, 0.2) is 28.8 Å². The first-order valence-corrected chi connectivity index (χ1v) is 8.96. The Morgan fingerprint density at radius 1 is 1.36 bits per heavy atom. The number of nitrogens with zero attached hydrogens (tertiary/aromatic N) is 3. The van der Waals surface area contributed by atoms with Crippen molar-refractivity contribution in [3.05, 3.63) is 30.2 Å². The van der Waals surface area contributed by atoms with Gasteiger partial charge < -0.3 is 14.2 Å². The van der Waals surface area contributed by atoms with Crippen molar-refractivity contribution >= 4 is 5.91 Å². The number of aryl methyl sites for hydroxylation is 1. The molecule has 2 aromatic rings. The summed E-state index contributed by atoms with van der Waals surface area (Å²) in [5.41, 5.74) is 0.812. The molecule has 0 saturated heterocycles. The number of rotatable bonds is 7. The van der Waals surface area contributed by atoms with Crippen LogP contribution in [0.5, 0.6) is 5.75 Å². The van der Waals surface area contributed by atoms with Gasteiger partial charge in [-0.05, 0) is 50.7 Å². The Bertz CT molecular complexity index is 765. The number of aromatic nitrogens is 2. The van der Waals surface area contributed by atoms with Crippen LogP contribution in [0, 0.1) is 12.8 Å². The first-order valence-electron chi connectivity index (χ1n) is 8.96. The van der Waals surface area contributed by atoms with Crippen LogP contribution in [-0.2, 0) is 4.79 Å². The molecule has 6 nitrogen and oxygen atoms in total. The molecule has 4 rings (SSSR count). The van der Waals surface area contributed by atoms with E-state index in [1.165, 1.54) is 12.8 Å². The SMILES string of the molecule is Cc1nc(-c2cccc(OCC(=O)N(C3CC3)C(C)C3CC3)c2)no1. The highest BCUT2D eigenvalue weighted by atomic mass is 16.5. The molecule has 132 valence electrons. The van der Waals surface area contributed by atoms with E-state index < -0.39 is 0 Å². The van der Waals surface area contributed by atoms with E-state index in [1.54, 1.807) is 6.92 Å². The van der Waals surface area contributed by atoms with Gasteiger partial charge in [0.2, 0.25) is 11.7 Å². The van der Waals surface area contributed by atoms with Crippen LogP contribution in [0.4, 0.5) is 0 Å². The highest BCUT2D eigenvalue weighted by Crippen LogP contribution is 2.39. The number of carbonyl (C=O) groups excluding carboxylic acids is 1. The molecule has 1 aromatic carbocycles. The summed E-state index contributed by atoms with van der Waals surface area (Å²) in [5.74, 6) is 2.45. The number of benzene rings is 1. The molecular weight excluding hydrogens is 318 g/mol. The Labute approximate surface area is 147 Å². The fourth-order valence-corrected chi connectivity index (χ4v) is 3.28. The zero-order valence-electron chi connectivity index (χ0n) is 14.6. The summed E-state index contributed by atoms with van der Waals surface area (Å²) in [7, 11) is 0. The summed E-state index contributed by atoms with van der Waals surface area (Å²) < 4.78 is 10.8. The van der Waals surface area contributed by atoms with Crippen LogP contribution in [0.3, 0.4) is 0 Å². The predicted octanol–water partition coefficient (Wildman–Crippen LogP) is 3.21. The lowest BCUT2D eigenvalue weighted by molar-refractivity contribution is -0.136. The fourth-order valence-electron chi connectivity index (χ4n) is 3.28. The second-order valence-electron chi connectivity index (χ2n) is 7.06. The van der Waals surface area contributed by atoms with Crippen molar-refractivity contribution in [1.82, 2.24) is 15.0 Å². The smallest absolute Gasteiger partial charge is 0.261 e. The standard InChI is InChI=1S/C19H23N3O3/c1-12(14-6-7-14)22(16-8-9-16)18(23)11-24-17-5-3-4-15(10-17)19-20-13(2)25-21-19/h3-5,10,12,14,16H,6-9,11H2,1-2H3. The molecule has 0 spiro atoms. The zero-order valence-corrected chi connectivity index (χ0v) is 14.6. The van der Waals surface area contributed by atoms with Crippen LogP contribution in [0.1, 0.15) is 38.5 Å². The van der Waals surface area contributed by atoms with Gasteiger partial charge in [0, 0.05) is 24.6 Å². The van der Waals surface area contributed by atoms with Gasteiger partial charge in [0.15, 0.2) is 6.61 Å². The summed E-state index contributed by atoms with van der Waals surface area (Å²) in [6.07, 6.45) is 4.72. The molecule has 1 atom stereocenters. The summed E-state index contributed by atoms with van der Waals surface area (Å²) in [6, 6.07) is 8.19. The average molecular weight is 341 g/mol. The minimum absolute atomic E-state index is 0.0717.